The van der Waals surface area contributed by atoms with Crippen LogP contribution >= 0.6 is 0 Å². The third-order valence-electron chi connectivity index (χ3n) is 4.76. The van der Waals surface area contributed by atoms with Crippen molar-refractivity contribution in [1.29, 1.82) is 0 Å². The predicted molar refractivity (Wildman–Crippen MR) is 99.2 cm³/mol. The van der Waals surface area contributed by atoms with Crippen LogP contribution in [0.25, 0.3) is 0 Å². The zero-order chi connectivity index (χ0) is 21.7. The molecule has 0 heterocycles. The van der Waals surface area contributed by atoms with Crippen LogP contribution in [-0.2, 0) is 0 Å². The van der Waals surface area contributed by atoms with Crippen molar-refractivity contribution in [3.05, 3.63) is 76.1 Å². The van der Waals surface area contributed by atoms with Crippen molar-refractivity contribution in [3.8, 4) is 17.2 Å². The van der Waals surface area contributed by atoms with Crippen LogP contribution in [0.4, 0.5) is 24.5 Å². The minimum atomic E-state index is -1.77. The van der Waals surface area contributed by atoms with Crippen molar-refractivity contribution in [2.75, 3.05) is 12.4 Å². The Balaban J connectivity index is 1.98. The lowest BCUT2D eigenvalue weighted by atomic mass is 9.82. The first-order valence-corrected chi connectivity index (χ1v) is 8.52. The summed E-state index contributed by atoms with van der Waals surface area (Å²) in [5.41, 5.74) is -4.57. The van der Waals surface area contributed by atoms with E-state index in [4.69, 9.17) is 4.74 Å². The summed E-state index contributed by atoms with van der Waals surface area (Å²) in [5, 5.41) is 22.2. The quantitative estimate of drug-likeness (QED) is 0.345. The van der Waals surface area contributed by atoms with Crippen molar-refractivity contribution in [1.82, 2.24) is 0 Å². The number of fused-ring (bicyclic) bond motifs is 2. The lowest BCUT2D eigenvalue weighted by Gasteiger charge is -2.22. The molecule has 0 unspecified atom stereocenters. The van der Waals surface area contributed by atoms with Crippen LogP contribution in [0, 0.1) is 17.5 Å². The van der Waals surface area contributed by atoms with E-state index in [1.54, 1.807) is 6.07 Å². The summed E-state index contributed by atoms with van der Waals surface area (Å²) in [7, 11) is 1.31. The number of anilines is 2. The molecule has 1 aliphatic rings. The summed E-state index contributed by atoms with van der Waals surface area (Å²) in [6.45, 7) is 0. The number of para-hydroxylation sites is 2. The van der Waals surface area contributed by atoms with Gasteiger partial charge >= 0.3 is 0 Å². The Bertz CT molecular complexity index is 1260. The maximum atomic E-state index is 15.2. The standard InChI is InChI=1S/C21H12F3NO5/c1-30-11-5-3-2-4-8(11)25-19-17(23)15-14(16(22)18(19)24)20(28)12-9(26)6-7-10(27)13(12)21(15)29/h2-7,25-27H,1H3. The Hall–Kier alpha value is -4.01. The van der Waals surface area contributed by atoms with Gasteiger partial charge in [0.15, 0.2) is 17.5 Å². The van der Waals surface area contributed by atoms with Crippen molar-refractivity contribution in [3.63, 3.8) is 0 Å². The first-order chi connectivity index (χ1) is 14.3. The van der Waals surface area contributed by atoms with E-state index in [1.165, 1.54) is 25.3 Å². The van der Waals surface area contributed by atoms with E-state index in [2.05, 4.69) is 5.32 Å². The van der Waals surface area contributed by atoms with Crippen molar-refractivity contribution in [2.45, 2.75) is 0 Å². The normalized spacial score (nSPS) is 12.4. The third-order valence-corrected chi connectivity index (χ3v) is 4.76. The number of carbonyl (C=O) groups is 2. The van der Waals surface area contributed by atoms with Gasteiger partial charge in [-0.1, -0.05) is 12.1 Å². The van der Waals surface area contributed by atoms with Crippen molar-refractivity contribution >= 4 is 22.9 Å². The smallest absolute Gasteiger partial charge is 0.201 e. The first kappa shape index (κ1) is 19.3. The lowest BCUT2D eigenvalue weighted by Crippen LogP contribution is -2.26. The molecule has 152 valence electrons. The number of nitrogens with one attached hydrogen (secondary N) is 1. The highest BCUT2D eigenvalue weighted by molar-refractivity contribution is 6.30. The number of ketones is 2. The molecule has 3 aromatic carbocycles. The minimum absolute atomic E-state index is 0.0765. The second kappa shape index (κ2) is 6.80. The number of rotatable bonds is 3. The Labute approximate surface area is 167 Å². The van der Waals surface area contributed by atoms with Gasteiger partial charge in [0.1, 0.15) is 22.9 Å². The van der Waals surface area contributed by atoms with Crippen molar-refractivity contribution < 1.29 is 37.7 Å². The molecule has 6 nitrogen and oxygen atoms in total. The minimum Gasteiger partial charge on any atom is -0.507 e. The molecule has 0 bridgehead atoms. The highest BCUT2D eigenvalue weighted by Crippen LogP contribution is 2.42. The largest absolute Gasteiger partial charge is 0.507 e. The van der Waals surface area contributed by atoms with Crippen LogP contribution in [0.15, 0.2) is 36.4 Å². The van der Waals surface area contributed by atoms with Gasteiger partial charge in [-0.05, 0) is 24.3 Å². The zero-order valence-electron chi connectivity index (χ0n) is 15.2. The van der Waals surface area contributed by atoms with Crippen LogP contribution in [-0.4, -0.2) is 28.9 Å². The number of ether oxygens (including phenoxy) is 1. The van der Waals surface area contributed by atoms with Gasteiger partial charge in [-0.2, -0.15) is 0 Å². The molecule has 9 heteroatoms. The zero-order valence-corrected chi connectivity index (χ0v) is 15.2. The SMILES string of the molecule is COc1ccccc1Nc1c(F)c(F)c2c(c1F)C(=O)c1c(O)ccc(O)c1C2=O. The molecule has 30 heavy (non-hydrogen) atoms. The van der Waals surface area contributed by atoms with Crippen LogP contribution in [0.5, 0.6) is 17.2 Å². The molecule has 0 saturated carbocycles. The highest BCUT2D eigenvalue weighted by atomic mass is 19.2. The molecule has 4 rings (SSSR count). The van der Waals surface area contributed by atoms with Gasteiger partial charge in [0, 0.05) is 0 Å². The Morgan fingerprint density at radius 2 is 1.30 bits per heavy atom. The summed E-state index contributed by atoms with van der Waals surface area (Å²) < 4.78 is 49.9. The maximum absolute atomic E-state index is 15.2. The van der Waals surface area contributed by atoms with Gasteiger partial charge in [0.2, 0.25) is 11.6 Å². The van der Waals surface area contributed by atoms with Crippen LogP contribution in [0.3, 0.4) is 0 Å². The molecule has 0 radical (unpaired) electrons. The maximum Gasteiger partial charge on any atom is 0.201 e. The second-order valence-corrected chi connectivity index (χ2v) is 6.40. The van der Waals surface area contributed by atoms with E-state index < -0.39 is 68.5 Å². The fraction of sp³-hybridized carbons (Fsp3) is 0.0476. The molecular weight excluding hydrogens is 403 g/mol. The molecule has 0 saturated heterocycles. The molecule has 3 N–H and O–H groups in total. The van der Waals surface area contributed by atoms with Crippen molar-refractivity contribution in [2.24, 2.45) is 0 Å². The molecule has 1 aliphatic carbocycles. The summed E-state index contributed by atoms with van der Waals surface area (Å²) in [6, 6.07) is 7.85. The number of hydrogen-bond donors (Lipinski definition) is 3. The fourth-order valence-corrected chi connectivity index (χ4v) is 3.37. The lowest BCUT2D eigenvalue weighted by molar-refractivity contribution is 0.0966. The first-order valence-electron chi connectivity index (χ1n) is 8.52. The van der Waals surface area contributed by atoms with Gasteiger partial charge in [-0.15, -0.1) is 0 Å². The fourth-order valence-electron chi connectivity index (χ4n) is 3.37. The van der Waals surface area contributed by atoms with Gasteiger partial charge in [-0.3, -0.25) is 9.59 Å². The molecule has 0 amide bonds. The number of benzene rings is 3. The number of hydrogen-bond acceptors (Lipinski definition) is 6. The molecule has 0 aromatic heterocycles. The number of phenolic OH excluding ortho intramolecular Hbond substituents is 2. The number of aromatic hydroxyl groups is 2. The monoisotopic (exact) mass is 415 g/mol. The van der Waals surface area contributed by atoms with Gasteiger partial charge in [0.05, 0.1) is 35.1 Å². The van der Waals surface area contributed by atoms with Crippen LogP contribution in [0.1, 0.15) is 31.8 Å². The Morgan fingerprint density at radius 3 is 1.87 bits per heavy atom. The van der Waals surface area contributed by atoms with E-state index >= 15 is 4.39 Å². The highest BCUT2D eigenvalue weighted by Gasteiger charge is 2.41. The van der Waals surface area contributed by atoms with Gasteiger partial charge in [-0.25, -0.2) is 13.2 Å². The predicted octanol–water partition coefficient (Wildman–Crippen LogP) is 4.04. The number of halogens is 3. The molecule has 0 fully saturated rings. The second-order valence-electron chi connectivity index (χ2n) is 6.40. The number of phenols is 2. The molecule has 0 spiro atoms. The van der Waals surface area contributed by atoms with E-state index in [-0.39, 0.29) is 11.4 Å². The molecule has 0 aliphatic heterocycles. The molecule has 0 atom stereocenters. The van der Waals surface area contributed by atoms with Crippen LogP contribution < -0.4 is 10.1 Å². The van der Waals surface area contributed by atoms with E-state index in [0.717, 1.165) is 12.1 Å². The average molecular weight is 415 g/mol. The Kier molecular flexibility index (Phi) is 4.38. The topological polar surface area (TPSA) is 95.9 Å². The summed E-state index contributed by atoms with van der Waals surface area (Å²) >= 11 is 0. The summed E-state index contributed by atoms with van der Waals surface area (Å²) in [5.74, 6) is -8.89. The Morgan fingerprint density at radius 1 is 0.767 bits per heavy atom. The van der Waals surface area contributed by atoms with Crippen LogP contribution in [0.2, 0.25) is 0 Å². The van der Waals surface area contributed by atoms with E-state index in [9.17, 15) is 28.6 Å². The van der Waals surface area contributed by atoms with Gasteiger partial charge in [0.25, 0.3) is 0 Å². The van der Waals surface area contributed by atoms with E-state index in [1.807, 2.05) is 0 Å². The average Bonchev–Trinajstić information content (AvgIpc) is 2.73. The van der Waals surface area contributed by atoms with Gasteiger partial charge < -0.3 is 20.3 Å². The number of carbonyl (C=O) groups excluding carboxylic acids is 2. The summed E-state index contributed by atoms with van der Waals surface area (Å²) in [6.07, 6.45) is 0. The third kappa shape index (κ3) is 2.59. The number of methoxy groups -OCH3 is 1. The van der Waals surface area contributed by atoms with E-state index in [0.29, 0.717) is 0 Å². The molecule has 3 aromatic rings. The summed E-state index contributed by atoms with van der Waals surface area (Å²) in [4.78, 5) is 25.5. The molecular formula is C21H12F3NO5.